The summed E-state index contributed by atoms with van der Waals surface area (Å²) in [5.41, 5.74) is 0.0731. The van der Waals surface area contributed by atoms with Gasteiger partial charge in [0.05, 0.1) is 34.9 Å². The van der Waals surface area contributed by atoms with E-state index in [1.807, 2.05) is 0 Å². The molecule has 2 aliphatic rings. The van der Waals surface area contributed by atoms with Gasteiger partial charge in [-0.25, -0.2) is 17.2 Å². The number of likely N-dealkylation sites (tertiary alicyclic amines) is 1. The highest BCUT2D eigenvalue weighted by Crippen LogP contribution is 2.34. The Morgan fingerprint density at radius 1 is 1.24 bits per heavy atom. The lowest BCUT2D eigenvalue weighted by Gasteiger charge is -2.36. The van der Waals surface area contributed by atoms with E-state index in [1.54, 1.807) is 6.08 Å². The number of ether oxygens (including phenoxy) is 1. The maximum absolute atomic E-state index is 14.8. The van der Waals surface area contributed by atoms with Crippen LogP contribution >= 0.6 is 11.6 Å². The quantitative estimate of drug-likeness (QED) is 0.396. The van der Waals surface area contributed by atoms with E-state index >= 15 is 0 Å². The second-order valence-electron chi connectivity index (χ2n) is 9.21. The average molecular weight is 553 g/mol. The Hall–Kier alpha value is -2.82. The van der Waals surface area contributed by atoms with Crippen LogP contribution in [0.4, 0.5) is 8.78 Å². The molecular weight excluding hydrogens is 526 g/mol. The Morgan fingerprint density at radius 2 is 1.97 bits per heavy atom. The zero-order valence-corrected chi connectivity index (χ0v) is 21.7. The lowest BCUT2D eigenvalue weighted by molar-refractivity contribution is -0.128. The predicted octanol–water partition coefficient (Wildman–Crippen LogP) is 3.93. The molecule has 11 heteroatoms. The van der Waals surface area contributed by atoms with Crippen molar-refractivity contribution in [2.75, 3.05) is 25.5 Å². The average Bonchev–Trinajstić information content (AvgIpc) is 3.29. The first-order valence-electron chi connectivity index (χ1n) is 11.8. The molecule has 2 aromatic rings. The molecule has 3 atom stereocenters. The molecule has 1 N–H and O–H groups in total. The maximum atomic E-state index is 14.8. The highest BCUT2D eigenvalue weighted by atomic mass is 35.5. The fourth-order valence-electron chi connectivity index (χ4n) is 4.59. The van der Waals surface area contributed by atoms with E-state index in [9.17, 15) is 26.8 Å². The molecule has 0 saturated carbocycles. The number of halogens is 3. The smallest absolute Gasteiger partial charge is 0.254 e. The van der Waals surface area contributed by atoms with Gasteiger partial charge in [0.15, 0.2) is 9.84 Å². The van der Waals surface area contributed by atoms with Crippen LogP contribution in [0.15, 0.2) is 53.9 Å². The van der Waals surface area contributed by atoms with Crippen molar-refractivity contribution in [1.29, 1.82) is 0 Å². The zero-order chi connectivity index (χ0) is 26.9. The van der Waals surface area contributed by atoms with Gasteiger partial charge >= 0.3 is 0 Å². The van der Waals surface area contributed by atoms with Crippen LogP contribution in [0.5, 0.6) is 0 Å². The first kappa shape index (κ1) is 27.2. The van der Waals surface area contributed by atoms with Gasteiger partial charge in [-0.2, -0.15) is 0 Å². The van der Waals surface area contributed by atoms with Crippen molar-refractivity contribution in [3.8, 4) is 0 Å². The number of hydrogen-bond acceptors (Lipinski definition) is 5. The van der Waals surface area contributed by atoms with E-state index in [4.69, 9.17) is 16.3 Å². The first-order valence-corrected chi connectivity index (χ1v) is 13.9. The Bertz CT molecular complexity index is 1330. The van der Waals surface area contributed by atoms with Gasteiger partial charge in [-0.3, -0.25) is 9.59 Å². The van der Waals surface area contributed by atoms with E-state index in [2.05, 4.69) is 11.9 Å². The summed E-state index contributed by atoms with van der Waals surface area (Å²) in [7, 11) is -3.54. The molecule has 2 fully saturated rings. The summed E-state index contributed by atoms with van der Waals surface area (Å²) in [6, 6.07) is 5.70. The summed E-state index contributed by atoms with van der Waals surface area (Å²) in [6.07, 6.45) is 1.93. The van der Waals surface area contributed by atoms with Gasteiger partial charge in [0.1, 0.15) is 17.7 Å². The number of carbonyl (C=O) groups is 2. The normalized spacial score (nSPS) is 20.8. The molecule has 0 unspecified atom stereocenters. The molecule has 0 radical (unpaired) electrons. The second-order valence-corrected chi connectivity index (χ2v) is 11.9. The van der Waals surface area contributed by atoms with Crippen molar-refractivity contribution in [3.05, 3.63) is 76.8 Å². The number of hydrogen-bond donors (Lipinski definition) is 1. The summed E-state index contributed by atoms with van der Waals surface area (Å²) >= 11 is 5.70. The summed E-state index contributed by atoms with van der Waals surface area (Å²) in [5, 5.41) is 2.43. The molecule has 2 heterocycles. The van der Waals surface area contributed by atoms with Crippen LogP contribution in [-0.4, -0.2) is 56.7 Å². The van der Waals surface area contributed by atoms with Crippen LogP contribution in [0.25, 0.3) is 0 Å². The lowest BCUT2D eigenvalue weighted by Crippen LogP contribution is -2.50. The van der Waals surface area contributed by atoms with Crippen LogP contribution in [0.1, 0.15) is 35.3 Å². The van der Waals surface area contributed by atoms with Gasteiger partial charge in [0, 0.05) is 23.6 Å². The number of amides is 2. The number of nitrogens with one attached hydrogen (secondary N) is 1. The molecule has 2 aromatic carbocycles. The second kappa shape index (κ2) is 10.9. The lowest BCUT2D eigenvalue weighted by atomic mass is 9.90. The summed E-state index contributed by atoms with van der Waals surface area (Å²) in [6.45, 7) is 5.98. The Morgan fingerprint density at radius 3 is 2.59 bits per heavy atom. The van der Waals surface area contributed by atoms with Crippen LogP contribution in [0, 0.1) is 23.5 Å². The van der Waals surface area contributed by atoms with Gasteiger partial charge in [-0.1, -0.05) is 30.7 Å². The molecule has 7 nitrogen and oxygen atoms in total. The van der Waals surface area contributed by atoms with Gasteiger partial charge in [-0.05, 0) is 42.7 Å². The molecule has 0 aromatic heterocycles. The largest absolute Gasteiger partial charge is 0.381 e. The molecular formula is C26H27ClF2N2O5S. The minimum absolute atomic E-state index is 0.0200. The van der Waals surface area contributed by atoms with Crippen LogP contribution < -0.4 is 5.32 Å². The molecule has 198 valence electrons. The van der Waals surface area contributed by atoms with Crippen molar-refractivity contribution < 1.29 is 31.5 Å². The Labute approximate surface area is 219 Å². The molecule has 0 spiro atoms. The molecule has 2 amide bonds. The van der Waals surface area contributed by atoms with Gasteiger partial charge in [0.2, 0.25) is 5.91 Å². The number of nitrogens with zero attached hydrogens (tertiary/aromatic N) is 1. The van der Waals surface area contributed by atoms with E-state index in [-0.39, 0.29) is 64.8 Å². The van der Waals surface area contributed by atoms with E-state index in [1.165, 1.54) is 36.1 Å². The molecule has 37 heavy (non-hydrogen) atoms. The van der Waals surface area contributed by atoms with Crippen LogP contribution in [0.2, 0.25) is 5.02 Å². The van der Waals surface area contributed by atoms with Crippen LogP contribution in [-0.2, 0) is 19.4 Å². The zero-order valence-electron chi connectivity index (χ0n) is 20.1. The van der Waals surface area contributed by atoms with Crippen molar-refractivity contribution in [3.63, 3.8) is 0 Å². The predicted molar refractivity (Wildman–Crippen MR) is 134 cm³/mol. The first-order chi connectivity index (χ1) is 17.6. The third kappa shape index (κ3) is 5.56. The minimum Gasteiger partial charge on any atom is -0.381 e. The molecule has 0 aliphatic carbocycles. The van der Waals surface area contributed by atoms with Crippen LogP contribution in [0.3, 0.4) is 0 Å². The third-order valence-electron chi connectivity index (χ3n) is 6.86. The maximum Gasteiger partial charge on any atom is 0.254 e. The van der Waals surface area contributed by atoms with Crippen molar-refractivity contribution >= 4 is 33.3 Å². The molecule has 0 bridgehead atoms. The standard InChI is InChI=1S/C26H27ClF2N2O5S/c1-3-15-8-23(31(12-15)26(33)16-6-5-7-18(9-16)37(34,35)4-2)25(32)30-24(17-13-36-14-17)19-10-22(29)20(27)11-21(19)28/h3,5-7,9-11,15,17,23-24H,1,4,8,12-14H2,2H3,(H,30,32)/t15-,23-,24-/m1/s1. The number of sulfone groups is 1. The fraction of sp³-hybridized carbons (Fsp3) is 0.385. The van der Waals surface area contributed by atoms with Gasteiger partial charge in [0.25, 0.3) is 5.91 Å². The van der Waals surface area contributed by atoms with Gasteiger partial charge in [-0.15, -0.1) is 6.58 Å². The summed E-state index contributed by atoms with van der Waals surface area (Å²) in [4.78, 5) is 28.3. The molecule has 2 saturated heterocycles. The summed E-state index contributed by atoms with van der Waals surface area (Å²) < 4.78 is 58.8. The van der Waals surface area contributed by atoms with Crippen molar-refractivity contribution in [2.24, 2.45) is 11.8 Å². The van der Waals surface area contributed by atoms with E-state index in [0.717, 1.165) is 12.1 Å². The van der Waals surface area contributed by atoms with Crippen molar-refractivity contribution in [1.82, 2.24) is 10.2 Å². The fourth-order valence-corrected chi connectivity index (χ4v) is 5.67. The monoisotopic (exact) mass is 552 g/mol. The highest BCUT2D eigenvalue weighted by molar-refractivity contribution is 7.91. The number of benzene rings is 2. The topological polar surface area (TPSA) is 92.8 Å². The molecule has 4 rings (SSSR count). The summed E-state index contributed by atoms with van der Waals surface area (Å²) in [5.74, 6) is -3.23. The number of carbonyl (C=O) groups excluding carboxylic acids is 2. The van der Waals surface area contributed by atoms with E-state index < -0.39 is 45.4 Å². The Kier molecular flexibility index (Phi) is 8.01. The number of rotatable bonds is 8. The molecule has 2 aliphatic heterocycles. The SMILES string of the molecule is C=C[C@@H]1C[C@H](C(=O)N[C@@H](c2cc(F)c(Cl)cc2F)C2COC2)N(C(=O)c2cccc(S(=O)(=O)CC)c2)C1. The Balaban J connectivity index is 1.62. The highest BCUT2D eigenvalue weighted by Gasteiger charge is 2.41. The minimum atomic E-state index is -3.54. The van der Waals surface area contributed by atoms with Gasteiger partial charge < -0.3 is 15.0 Å². The third-order valence-corrected chi connectivity index (χ3v) is 8.88. The van der Waals surface area contributed by atoms with Crippen molar-refractivity contribution in [2.45, 2.75) is 30.3 Å². The van der Waals surface area contributed by atoms with E-state index in [0.29, 0.717) is 0 Å².